The SMILES string of the molecule is C[C@@H]1[C@@H](C2O[C@@H](C)[C@@H](C)O2)[C@H]2C=C[C@@H]1C2. The molecule has 1 saturated heterocycles. The highest BCUT2D eigenvalue weighted by atomic mass is 16.7. The van der Waals surface area contributed by atoms with Gasteiger partial charge in [0.05, 0.1) is 12.2 Å². The molecule has 0 N–H and O–H groups in total. The molecule has 1 aliphatic heterocycles. The van der Waals surface area contributed by atoms with Crippen molar-refractivity contribution in [2.24, 2.45) is 23.7 Å². The zero-order valence-corrected chi connectivity index (χ0v) is 9.72. The summed E-state index contributed by atoms with van der Waals surface area (Å²) in [5.41, 5.74) is 0. The van der Waals surface area contributed by atoms with E-state index in [0.717, 1.165) is 11.8 Å². The van der Waals surface area contributed by atoms with Crippen molar-refractivity contribution in [1.82, 2.24) is 0 Å². The maximum Gasteiger partial charge on any atom is 0.162 e. The maximum atomic E-state index is 5.92. The highest BCUT2D eigenvalue weighted by Gasteiger charge is 2.49. The van der Waals surface area contributed by atoms with Gasteiger partial charge in [0.1, 0.15) is 0 Å². The van der Waals surface area contributed by atoms with Crippen molar-refractivity contribution < 1.29 is 9.47 Å². The van der Waals surface area contributed by atoms with Crippen molar-refractivity contribution in [3.63, 3.8) is 0 Å². The van der Waals surface area contributed by atoms with Crippen molar-refractivity contribution in [3.05, 3.63) is 12.2 Å². The molecule has 2 aliphatic carbocycles. The van der Waals surface area contributed by atoms with Gasteiger partial charge in [0.15, 0.2) is 6.29 Å². The lowest BCUT2D eigenvalue weighted by Gasteiger charge is -2.29. The first-order valence-electron chi connectivity index (χ1n) is 6.16. The van der Waals surface area contributed by atoms with Crippen LogP contribution in [0.25, 0.3) is 0 Å². The fraction of sp³-hybridized carbons (Fsp3) is 0.846. The van der Waals surface area contributed by atoms with Crippen LogP contribution in [-0.2, 0) is 9.47 Å². The molecule has 1 unspecified atom stereocenters. The van der Waals surface area contributed by atoms with Gasteiger partial charge in [0.2, 0.25) is 0 Å². The van der Waals surface area contributed by atoms with Crippen LogP contribution in [0, 0.1) is 23.7 Å². The van der Waals surface area contributed by atoms with Gasteiger partial charge in [-0.25, -0.2) is 0 Å². The maximum absolute atomic E-state index is 5.92. The van der Waals surface area contributed by atoms with Gasteiger partial charge in [-0.3, -0.25) is 0 Å². The van der Waals surface area contributed by atoms with E-state index in [-0.39, 0.29) is 18.5 Å². The molecule has 0 aromatic heterocycles. The normalized spacial score (nSPS) is 57.9. The lowest BCUT2D eigenvalue weighted by molar-refractivity contribution is -0.118. The number of hydrogen-bond donors (Lipinski definition) is 0. The van der Waals surface area contributed by atoms with E-state index in [4.69, 9.17) is 9.47 Å². The third-order valence-corrected chi connectivity index (χ3v) is 4.60. The largest absolute Gasteiger partial charge is 0.347 e. The molecule has 0 amide bonds. The Morgan fingerprint density at radius 1 is 0.933 bits per heavy atom. The third-order valence-electron chi connectivity index (χ3n) is 4.60. The predicted octanol–water partition coefficient (Wildman–Crippen LogP) is 2.59. The molecule has 1 saturated carbocycles. The first-order chi connectivity index (χ1) is 7.16. The summed E-state index contributed by atoms with van der Waals surface area (Å²) < 4.78 is 11.8. The Bertz CT molecular complexity index is 276. The minimum absolute atomic E-state index is 0.0462. The molecular weight excluding hydrogens is 188 g/mol. The lowest BCUT2D eigenvalue weighted by Crippen LogP contribution is -2.31. The number of fused-ring (bicyclic) bond motifs is 2. The van der Waals surface area contributed by atoms with Crippen molar-refractivity contribution in [2.45, 2.75) is 45.7 Å². The molecule has 3 rings (SSSR count). The fourth-order valence-corrected chi connectivity index (χ4v) is 3.42. The predicted molar refractivity (Wildman–Crippen MR) is 58.3 cm³/mol. The molecule has 0 radical (unpaired) electrons. The average Bonchev–Trinajstić information content (AvgIpc) is 2.83. The fourth-order valence-electron chi connectivity index (χ4n) is 3.42. The minimum Gasteiger partial charge on any atom is -0.347 e. The summed E-state index contributed by atoms with van der Waals surface area (Å²) in [5.74, 6) is 2.79. The van der Waals surface area contributed by atoms with Gasteiger partial charge in [-0.2, -0.15) is 0 Å². The van der Waals surface area contributed by atoms with Crippen LogP contribution in [0.2, 0.25) is 0 Å². The van der Waals surface area contributed by atoms with Gasteiger partial charge in [-0.15, -0.1) is 0 Å². The van der Waals surface area contributed by atoms with Crippen LogP contribution >= 0.6 is 0 Å². The lowest BCUT2D eigenvalue weighted by atomic mass is 9.84. The average molecular weight is 208 g/mol. The van der Waals surface area contributed by atoms with E-state index in [0.29, 0.717) is 11.8 Å². The molecule has 2 fully saturated rings. The molecular formula is C13H20O2. The van der Waals surface area contributed by atoms with Crippen molar-refractivity contribution in [3.8, 4) is 0 Å². The Labute approximate surface area is 91.6 Å². The van der Waals surface area contributed by atoms with Crippen LogP contribution in [0.3, 0.4) is 0 Å². The summed E-state index contributed by atoms with van der Waals surface area (Å²) in [6, 6.07) is 0. The molecule has 0 aromatic carbocycles. The van der Waals surface area contributed by atoms with E-state index in [1.54, 1.807) is 0 Å². The zero-order chi connectivity index (χ0) is 10.6. The Balaban J connectivity index is 1.76. The molecule has 84 valence electrons. The summed E-state index contributed by atoms with van der Waals surface area (Å²) in [4.78, 5) is 0. The van der Waals surface area contributed by atoms with E-state index in [9.17, 15) is 0 Å². The molecule has 0 aromatic rings. The Hall–Kier alpha value is -0.340. The molecule has 1 heterocycles. The van der Waals surface area contributed by atoms with Crippen molar-refractivity contribution >= 4 is 0 Å². The summed E-state index contributed by atoms with van der Waals surface area (Å²) in [6.45, 7) is 6.57. The number of allylic oxidation sites excluding steroid dienone is 2. The van der Waals surface area contributed by atoms with E-state index >= 15 is 0 Å². The van der Waals surface area contributed by atoms with E-state index < -0.39 is 0 Å². The topological polar surface area (TPSA) is 18.5 Å². The van der Waals surface area contributed by atoms with Crippen LogP contribution in [0.5, 0.6) is 0 Å². The van der Waals surface area contributed by atoms with Crippen LogP contribution in [0.15, 0.2) is 12.2 Å². The molecule has 7 atom stereocenters. The number of hydrogen-bond acceptors (Lipinski definition) is 2. The van der Waals surface area contributed by atoms with Gasteiger partial charge >= 0.3 is 0 Å². The summed E-state index contributed by atoms with van der Waals surface area (Å²) in [5, 5.41) is 0. The van der Waals surface area contributed by atoms with Gasteiger partial charge < -0.3 is 9.47 Å². The summed E-state index contributed by atoms with van der Waals surface area (Å²) in [7, 11) is 0. The minimum atomic E-state index is 0.0462. The van der Waals surface area contributed by atoms with Crippen molar-refractivity contribution in [1.29, 1.82) is 0 Å². The Morgan fingerprint density at radius 3 is 2.07 bits per heavy atom. The Morgan fingerprint density at radius 2 is 1.53 bits per heavy atom. The van der Waals surface area contributed by atoms with Crippen LogP contribution < -0.4 is 0 Å². The van der Waals surface area contributed by atoms with E-state index in [1.807, 2.05) is 0 Å². The molecule has 2 nitrogen and oxygen atoms in total. The summed E-state index contributed by atoms with van der Waals surface area (Å²) in [6.07, 6.45) is 6.63. The highest BCUT2D eigenvalue weighted by Crippen LogP contribution is 2.51. The first kappa shape index (κ1) is 9.86. The second-order valence-corrected chi connectivity index (χ2v) is 5.44. The van der Waals surface area contributed by atoms with E-state index in [2.05, 4.69) is 32.9 Å². The second kappa shape index (κ2) is 3.33. The molecule has 2 heteroatoms. The third kappa shape index (κ3) is 1.38. The second-order valence-electron chi connectivity index (χ2n) is 5.44. The molecule has 3 aliphatic rings. The van der Waals surface area contributed by atoms with Crippen LogP contribution in [0.1, 0.15) is 27.2 Å². The standard InChI is InChI=1S/C13H20O2/c1-7-10-4-5-11(6-10)12(7)13-14-8(2)9(3)15-13/h4-5,7-13H,6H2,1-3H3/t7-,8-,9+,10+,11-,12+,13?/m0/s1. The zero-order valence-electron chi connectivity index (χ0n) is 9.72. The Kier molecular flexibility index (Phi) is 2.18. The quantitative estimate of drug-likeness (QED) is 0.617. The summed E-state index contributed by atoms with van der Waals surface area (Å²) >= 11 is 0. The number of rotatable bonds is 1. The van der Waals surface area contributed by atoms with E-state index in [1.165, 1.54) is 6.42 Å². The highest BCUT2D eigenvalue weighted by molar-refractivity contribution is 5.13. The smallest absolute Gasteiger partial charge is 0.162 e. The first-order valence-corrected chi connectivity index (χ1v) is 6.16. The van der Waals surface area contributed by atoms with Crippen molar-refractivity contribution in [2.75, 3.05) is 0 Å². The van der Waals surface area contributed by atoms with Gasteiger partial charge in [-0.05, 0) is 38.0 Å². The molecule has 2 bridgehead atoms. The van der Waals surface area contributed by atoms with Gasteiger partial charge in [-0.1, -0.05) is 19.1 Å². The monoisotopic (exact) mass is 208 g/mol. The molecule has 15 heavy (non-hydrogen) atoms. The van der Waals surface area contributed by atoms with Crippen LogP contribution in [-0.4, -0.2) is 18.5 Å². The van der Waals surface area contributed by atoms with Crippen LogP contribution in [0.4, 0.5) is 0 Å². The van der Waals surface area contributed by atoms with Gasteiger partial charge in [0, 0.05) is 5.92 Å². The van der Waals surface area contributed by atoms with Gasteiger partial charge in [0.25, 0.3) is 0 Å². The number of ether oxygens (including phenoxy) is 2. The molecule has 0 spiro atoms.